The van der Waals surface area contributed by atoms with E-state index in [0.717, 1.165) is 31.0 Å². The molecule has 1 heterocycles. The van der Waals surface area contributed by atoms with Crippen molar-refractivity contribution in [2.24, 2.45) is 0 Å². The Labute approximate surface area is 107 Å². The van der Waals surface area contributed by atoms with Crippen molar-refractivity contribution in [2.75, 3.05) is 13.7 Å². The Hall–Kier alpha value is -1.81. The molecule has 0 fully saturated rings. The summed E-state index contributed by atoms with van der Waals surface area (Å²) >= 11 is 0. The average molecular weight is 245 g/mol. The van der Waals surface area contributed by atoms with Crippen molar-refractivity contribution in [1.82, 2.24) is 15.3 Å². The van der Waals surface area contributed by atoms with Crippen molar-refractivity contribution < 1.29 is 4.74 Å². The van der Waals surface area contributed by atoms with Gasteiger partial charge < -0.3 is 15.0 Å². The number of methoxy groups -OCH3 is 1. The summed E-state index contributed by atoms with van der Waals surface area (Å²) in [6.45, 7) is 3.87. The molecular formula is C14H19N3O. The summed E-state index contributed by atoms with van der Waals surface area (Å²) in [7, 11) is 1.70. The molecule has 0 saturated carbocycles. The van der Waals surface area contributed by atoms with Gasteiger partial charge in [0.2, 0.25) is 0 Å². The minimum atomic E-state index is 0.874. The van der Waals surface area contributed by atoms with Crippen LogP contribution in [0.15, 0.2) is 30.7 Å². The number of benzene rings is 1. The van der Waals surface area contributed by atoms with Gasteiger partial charge in [-0.15, -0.1) is 0 Å². The van der Waals surface area contributed by atoms with Gasteiger partial charge in [-0.05, 0) is 24.1 Å². The van der Waals surface area contributed by atoms with Crippen LogP contribution in [0.3, 0.4) is 0 Å². The Kier molecular flexibility index (Phi) is 4.36. The third-order valence-corrected chi connectivity index (χ3v) is 2.91. The molecule has 0 atom stereocenters. The summed E-state index contributed by atoms with van der Waals surface area (Å²) in [5.74, 6) is 0.941. The molecule has 1 aromatic heterocycles. The van der Waals surface area contributed by atoms with Gasteiger partial charge in [0.25, 0.3) is 0 Å². The number of hydrogen-bond donors (Lipinski definition) is 2. The Bertz CT molecular complexity index is 480. The van der Waals surface area contributed by atoms with E-state index in [2.05, 4.69) is 34.3 Å². The first kappa shape index (κ1) is 12.6. The second-order valence-corrected chi connectivity index (χ2v) is 4.31. The summed E-state index contributed by atoms with van der Waals surface area (Å²) < 4.78 is 5.24. The van der Waals surface area contributed by atoms with Gasteiger partial charge in [-0.25, -0.2) is 4.98 Å². The number of imidazole rings is 1. The lowest BCUT2D eigenvalue weighted by Gasteiger charge is -2.08. The highest BCUT2D eigenvalue weighted by Gasteiger charge is 2.00. The van der Waals surface area contributed by atoms with Gasteiger partial charge in [-0.2, -0.15) is 0 Å². The minimum absolute atomic E-state index is 0.874. The Balaban J connectivity index is 1.78. The van der Waals surface area contributed by atoms with Crippen molar-refractivity contribution in [3.05, 3.63) is 47.5 Å². The Morgan fingerprint density at radius 3 is 2.94 bits per heavy atom. The van der Waals surface area contributed by atoms with E-state index in [4.69, 9.17) is 4.74 Å². The lowest BCUT2D eigenvalue weighted by Crippen LogP contribution is -2.16. The van der Waals surface area contributed by atoms with Crippen molar-refractivity contribution in [1.29, 1.82) is 0 Å². The number of ether oxygens (including phenoxy) is 1. The molecule has 18 heavy (non-hydrogen) atoms. The van der Waals surface area contributed by atoms with Crippen LogP contribution in [0.25, 0.3) is 0 Å². The van der Waals surface area contributed by atoms with Crippen LogP contribution in [0, 0.1) is 6.92 Å². The predicted octanol–water partition coefficient (Wildman–Crippen LogP) is 2.06. The second-order valence-electron chi connectivity index (χ2n) is 4.31. The minimum Gasteiger partial charge on any atom is -0.496 e. The number of aromatic amines is 1. The zero-order valence-corrected chi connectivity index (χ0v) is 10.9. The van der Waals surface area contributed by atoms with Crippen molar-refractivity contribution in [2.45, 2.75) is 19.9 Å². The van der Waals surface area contributed by atoms with E-state index in [-0.39, 0.29) is 0 Å². The van der Waals surface area contributed by atoms with E-state index in [1.165, 1.54) is 11.1 Å². The average Bonchev–Trinajstić information content (AvgIpc) is 2.88. The number of nitrogens with one attached hydrogen (secondary N) is 2. The van der Waals surface area contributed by atoms with Crippen LogP contribution in [0.2, 0.25) is 0 Å². The van der Waals surface area contributed by atoms with Gasteiger partial charge in [-0.3, -0.25) is 0 Å². The fourth-order valence-corrected chi connectivity index (χ4v) is 1.93. The third-order valence-electron chi connectivity index (χ3n) is 2.91. The smallest absolute Gasteiger partial charge is 0.121 e. The van der Waals surface area contributed by atoms with E-state index < -0.39 is 0 Å². The van der Waals surface area contributed by atoms with E-state index in [1.807, 2.05) is 12.3 Å². The monoisotopic (exact) mass is 245 g/mol. The first-order valence-electron chi connectivity index (χ1n) is 6.11. The highest BCUT2D eigenvalue weighted by atomic mass is 16.5. The molecule has 0 aliphatic carbocycles. The van der Waals surface area contributed by atoms with Gasteiger partial charge >= 0.3 is 0 Å². The van der Waals surface area contributed by atoms with Crippen LogP contribution in [0.4, 0.5) is 0 Å². The fraction of sp³-hybridized carbons (Fsp3) is 0.357. The number of rotatable bonds is 6. The summed E-state index contributed by atoms with van der Waals surface area (Å²) in [5.41, 5.74) is 3.61. The number of nitrogens with zero attached hydrogens (tertiary/aromatic N) is 1. The summed E-state index contributed by atoms with van der Waals surface area (Å²) in [5, 5.41) is 3.42. The van der Waals surface area contributed by atoms with E-state index in [9.17, 15) is 0 Å². The number of aromatic nitrogens is 2. The highest BCUT2D eigenvalue weighted by Crippen LogP contribution is 2.18. The van der Waals surface area contributed by atoms with Crippen molar-refractivity contribution in [3.8, 4) is 5.75 Å². The van der Waals surface area contributed by atoms with E-state index >= 15 is 0 Å². The lowest BCUT2D eigenvalue weighted by molar-refractivity contribution is 0.411. The molecule has 0 unspecified atom stereocenters. The van der Waals surface area contributed by atoms with Gasteiger partial charge in [-0.1, -0.05) is 12.1 Å². The molecule has 0 aliphatic heterocycles. The van der Waals surface area contributed by atoms with Gasteiger partial charge in [0.15, 0.2) is 0 Å². The molecule has 2 rings (SSSR count). The lowest BCUT2D eigenvalue weighted by atomic mass is 10.1. The second kappa shape index (κ2) is 6.21. The maximum absolute atomic E-state index is 5.24. The van der Waals surface area contributed by atoms with Crippen LogP contribution in [-0.2, 0) is 13.0 Å². The van der Waals surface area contributed by atoms with E-state index in [0.29, 0.717) is 0 Å². The Morgan fingerprint density at radius 1 is 1.39 bits per heavy atom. The maximum atomic E-state index is 5.24. The molecule has 1 aromatic carbocycles. The largest absolute Gasteiger partial charge is 0.496 e. The first-order chi connectivity index (χ1) is 8.79. The van der Waals surface area contributed by atoms with Crippen LogP contribution >= 0.6 is 0 Å². The van der Waals surface area contributed by atoms with Gasteiger partial charge in [0.05, 0.1) is 13.4 Å². The SMILES string of the molecule is COc1ccc(CNCCc2cnc[nH]2)cc1C. The van der Waals surface area contributed by atoms with Crippen LogP contribution in [0.1, 0.15) is 16.8 Å². The van der Waals surface area contributed by atoms with Crippen molar-refractivity contribution >= 4 is 0 Å². The van der Waals surface area contributed by atoms with Gasteiger partial charge in [0.1, 0.15) is 5.75 Å². The molecule has 4 heteroatoms. The van der Waals surface area contributed by atoms with Crippen LogP contribution in [-0.4, -0.2) is 23.6 Å². The molecule has 96 valence electrons. The standard InChI is InChI=1S/C14H19N3O/c1-11-7-12(3-4-14(11)18-2)8-15-6-5-13-9-16-10-17-13/h3-4,7,9-10,15H,5-6,8H2,1-2H3,(H,16,17). The molecule has 0 amide bonds. The molecule has 0 radical (unpaired) electrons. The summed E-state index contributed by atoms with van der Waals surface area (Å²) in [6.07, 6.45) is 4.54. The maximum Gasteiger partial charge on any atom is 0.121 e. The fourth-order valence-electron chi connectivity index (χ4n) is 1.93. The molecular weight excluding hydrogens is 226 g/mol. The molecule has 0 spiro atoms. The third kappa shape index (κ3) is 3.34. The molecule has 0 aliphatic rings. The highest BCUT2D eigenvalue weighted by molar-refractivity contribution is 5.36. The molecule has 0 saturated heterocycles. The zero-order chi connectivity index (χ0) is 12.8. The van der Waals surface area contributed by atoms with Crippen LogP contribution < -0.4 is 10.1 Å². The van der Waals surface area contributed by atoms with E-state index in [1.54, 1.807) is 13.4 Å². The molecule has 0 bridgehead atoms. The topological polar surface area (TPSA) is 49.9 Å². The van der Waals surface area contributed by atoms with Crippen molar-refractivity contribution in [3.63, 3.8) is 0 Å². The summed E-state index contributed by atoms with van der Waals surface area (Å²) in [6, 6.07) is 6.26. The molecule has 2 N–H and O–H groups in total. The molecule has 4 nitrogen and oxygen atoms in total. The summed E-state index contributed by atoms with van der Waals surface area (Å²) in [4.78, 5) is 7.08. The Morgan fingerprint density at radius 2 is 2.28 bits per heavy atom. The number of hydrogen-bond acceptors (Lipinski definition) is 3. The van der Waals surface area contributed by atoms with Gasteiger partial charge in [0, 0.05) is 31.4 Å². The predicted molar refractivity (Wildman–Crippen MR) is 71.7 cm³/mol. The number of H-pyrrole nitrogens is 1. The number of aryl methyl sites for hydroxylation is 1. The first-order valence-corrected chi connectivity index (χ1v) is 6.11. The van der Waals surface area contributed by atoms with Crippen LogP contribution in [0.5, 0.6) is 5.75 Å². The quantitative estimate of drug-likeness (QED) is 0.766. The normalized spacial score (nSPS) is 10.6. The molecule has 2 aromatic rings. The zero-order valence-electron chi connectivity index (χ0n) is 10.9.